The maximum absolute atomic E-state index is 6.90. The quantitative estimate of drug-likeness (QED) is 0.255. The lowest BCUT2D eigenvalue weighted by atomic mass is 10.0. The Bertz CT molecular complexity index is 407. The van der Waals surface area contributed by atoms with Crippen LogP contribution in [0.4, 0.5) is 0 Å². The predicted molar refractivity (Wildman–Crippen MR) is 102 cm³/mol. The van der Waals surface area contributed by atoms with Crippen LogP contribution in [0, 0.1) is 12.3 Å². The molecular formula is C23H35. The third kappa shape index (κ3) is 11.0. The summed E-state index contributed by atoms with van der Waals surface area (Å²) in [6, 6.07) is 9.26. The van der Waals surface area contributed by atoms with Gasteiger partial charge in [-0.2, -0.15) is 0 Å². The Kier molecular flexibility index (Phi) is 12.4. The highest BCUT2D eigenvalue weighted by molar-refractivity contribution is 5.22. The summed E-state index contributed by atoms with van der Waals surface area (Å²) in [4.78, 5) is 0. The van der Waals surface area contributed by atoms with Crippen molar-refractivity contribution in [1.29, 1.82) is 0 Å². The normalized spacial score (nSPS) is 10.6. The second kappa shape index (κ2) is 14.4. The molecule has 0 spiro atoms. The van der Waals surface area contributed by atoms with E-state index in [-0.39, 0.29) is 0 Å². The number of aryl methyl sites for hydroxylation is 2. The number of unbranched alkanes of at least 4 members (excludes halogenated alkanes) is 10. The Morgan fingerprint density at radius 2 is 1.09 bits per heavy atom. The van der Waals surface area contributed by atoms with Crippen LogP contribution in [0.1, 0.15) is 95.1 Å². The summed E-state index contributed by atoms with van der Waals surface area (Å²) in [5, 5.41) is 0. The summed E-state index contributed by atoms with van der Waals surface area (Å²) < 4.78 is 0. The maximum Gasteiger partial charge on any atom is 0.00989 e. The third-order valence-electron chi connectivity index (χ3n) is 4.61. The van der Waals surface area contributed by atoms with E-state index < -0.39 is 0 Å². The molecule has 0 nitrogen and oxygen atoms in total. The van der Waals surface area contributed by atoms with Gasteiger partial charge in [-0.05, 0) is 49.7 Å². The first-order chi connectivity index (χ1) is 11.4. The standard InChI is InChI=1S/C23H35/c1-3-5-7-9-10-11-13-15-17-23-20-18-22(19-21-23)16-14-12-8-6-4-2/h18-21H,3,5-17H2,1H3. The average molecular weight is 312 g/mol. The van der Waals surface area contributed by atoms with Crippen LogP contribution in [0.3, 0.4) is 0 Å². The fourth-order valence-electron chi connectivity index (χ4n) is 3.05. The van der Waals surface area contributed by atoms with Gasteiger partial charge in [0, 0.05) is 6.42 Å². The lowest BCUT2D eigenvalue weighted by Gasteiger charge is -2.05. The van der Waals surface area contributed by atoms with Crippen LogP contribution >= 0.6 is 0 Å². The zero-order valence-electron chi connectivity index (χ0n) is 15.2. The van der Waals surface area contributed by atoms with Crippen LogP contribution < -0.4 is 0 Å². The lowest BCUT2D eigenvalue weighted by molar-refractivity contribution is 0.575. The molecule has 0 aliphatic rings. The van der Waals surface area contributed by atoms with Crippen LogP contribution in [0.5, 0.6) is 0 Å². The first-order valence-corrected chi connectivity index (χ1v) is 9.84. The van der Waals surface area contributed by atoms with Gasteiger partial charge < -0.3 is 0 Å². The molecule has 0 heteroatoms. The van der Waals surface area contributed by atoms with Crippen molar-refractivity contribution in [3.05, 3.63) is 41.8 Å². The van der Waals surface area contributed by atoms with Gasteiger partial charge in [0.05, 0.1) is 0 Å². The van der Waals surface area contributed by atoms with Crippen molar-refractivity contribution in [3.63, 3.8) is 0 Å². The molecule has 0 aliphatic heterocycles. The van der Waals surface area contributed by atoms with Crippen molar-refractivity contribution in [2.45, 2.75) is 96.8 Å². The highest BCUT2D eigenvalue weighted by Crippen LogP contribution is 2.13. The molecule has 1 aromatic rings. The molecule has 1 rings (SSSR count). The molecule has 0 fully saturated rings. The molecule has 0 amide bonds. The third-order valence-corrected chi connectivity index (χ3v) is 4.61. The molecule has 0 heterocycles. The molecule has 0 saturated carbocycles. The van der Waals surface area contributed by atoms with E-state index in [0.717, 1.165) is 12.8 Å². The second-order valence-electron chi connectivity index (χ2n) is 6.78. The van der Waals surface area contributed by atoms with Gasteiger partial charge in [0.15, 0.2) is 0 Å². The minimum Gasteiger partial charge on any atom is -0.0891 e. The molecule has 0 aromatic heterocycles. The van der Waals surface area contributed by atoms with Crippen LogP contribution in [-0.4, -0.2) is 0 Å². The SMILES string of the molecule is [C]#CCCCCCc1ccc(CCCCCCCCCC)cc1. The topological polar surface area (TPSA) is 0 Å². The molecule has 0 N–H and O–H groups in total. The van der Waals surface area contributed by atoms with Gasteiger partial charge in [-0.3, -0.25) is 0 Å². The molecule has 0 unspecified atom stereocenters. The first kappa shape index (κ1) is 19.8. The van der Waals surface area contributed by atoms with E-state index >= 15 is 0 Å². The van der Waals surface area contributed by atoms with Gasteiger partial charge in [0.2, 0.25) is 0 Å². The van der Waals surface area contributed by atoms with Crippen LogP contribution in [0.25, 0.3) is 0 Å². The average Bonchev–Trinajstić information content (AvgIpc) is 2.58. The van der Waals surface area contributed by atoms with Crippen molar-refractivity contribution < 1.29 is 0 Å². The zero-order chi connectivity index (χ0) is 16.6. The molecule has 23 heavy (non-hydrogen) atoms. The number of hydrogen-bond acceptors (Lipinski definition) is 0. The molecule has 1 aromatic carbocycles. The Balaban J connectivity index is 2.04. The molecular weight excluding hydrogens is 276 g/mol. The van der Waals surface area contributed by atoms with E-state index in [1.807, 2.05) is 0 Å². The van der Waals surface area contributed by atoms with E-state index in [0.29, 0.717) is 0 Å². The highest BCUT2D eigenvalue weighted by Gasteiger charge is 1.97. The van der Waals surface area contributed by atoms with E-state index in [1.54, 1.807) is 0 Å². The van der Waals surface area contributed by atoms with Gasteiger partial charge in [-0.15, -0.1) is 0 Å². The minimum atomic E-state index is 0.817. The largest absolute Gasteiger partial charge is 0.0891 e. The number of hydrogen-bond donors (Lipinski definition) is 0. The van der Waals surface area contributed by atoms with Gasteiger partial charge >= 0.3 is 0 Å². The van der Waals surface area contributed by atoms with Gasteiger partial charge in [-0.25, -0.2) is 0 Å². The number of benzene rings is 1. The predicted octanol–water partition coefficient (Wildman–Crippen LogP) is 7.06. The summed E-state index contributed by atoms with van der Waals surface area (Å²) in [7, 11) is 0. The first-order valence-electron chi connectivity index (χ1n) is 9.84. The lowest BCUT2D eigenvalue weighted by Crippen LogP contribution is -1.90. The Hall–Kier alpha value is -1.22. The monoisotopic (exact) mass is 311 g/mol. The van der Waals surface area contributed by atoms with Crippen molar-refractivity contribution in [2.75, 3.05) is 0 Å². The van der Waals surface area contributed by atoms with Gasteiger partial charge in [-0.1, -0.05) is 88.5 Å². The zero-order valence-corrected chi connectivity index (χ0v) is 15.2. The van der Waals surface area contributed by atoms with E-state index in [1.165, 1.54) is 88.2 Å². The van der Waals surface area contributed by atoms with Crippen LogP contribution in [0.2, 0.25) is 0 Å². The Labute approximate surface area is 145 Å². The van der Waals surface area contributed by atoms with E-state index in [2.05, 4.69) is 37.1 Å². The molecule has 0 saturated heterocycles. The molecule has 0 atom stereocenters. The Morgan fingerprint density at radius 3 is 1.57 bits per heavy atom. The maximum atomic E-state index is 6.90. The summed E-state index contributed by atoms with van der Waals surface area (Å²) in [6.45, 7) is 2.28. The second-order valence-corrected chi connectivity index (χ2v) is 6.78. The molecule has 1 radical (unpaired) electrons. The smallest absolute Gasteiger partial charge is 0.00989 e. The van der Waals surface area contributed by atoms with Gasteiger partial charge in [0.1, 0.15) is 0 Å². The fraction of sp³-hybridized carbons (Fsp3) is 0.652. The van der Waals surface area contributed by atoms with Crippen molar-refractivity contribution in [2.24, 2.45) is 0 Å². The van der Waals surface area contributed by atoms with Gasteiger partial charge in [0.25, 0.3) is 0 Å². The molecule has 0 aliphatic carbocycles. The van der Waals surface area contributed by atoms with Crippen molar-refractivity contribution >= 4 is 0 Å². The summed E-state index contributed by atoms with van der Waals surface area (Å²) >= 11 is 0. The number of rotatable bonds is 14. The summed E-state index contributed by atoms with van der Waals surface area (Å²) in [5.74, 6) is 2.46. The highest BCUT2D eigenvalue weighted by atomic mass is 14.0. The van der Waals surface area contributed by atoms with E-state index in [9.17, 15) is 0 Å². The van der Waals surface area contributed by atoms with E-state index in [4.69, 9.17) is 6.42 Å². The summed E-state index contributed by atoms with van der Waals surface area (Å²) in [5.41, 5.74) is 2.96. The van der Waals surface area contributed by atoms with Crippen molar-refractivity contribution in [1.82, 2.24) is 0 Å². The van der Waals surface area contributed by atoms with Crippen molar-refractivity contribution in [3.8, 4) is 5.92 Å². The Morgan fingerprint density at radius 1 is 0.652 bits per heavy atom. The molecule has 127 valence electrons. The summed E-state index contributed by atoms with van der Waals surface area (Å²) in [6.07, 6.45) is 24.9. The van der Waals surface area contributed by atoms with Crippen LogP contribution in [0.15, 0.2) is 24.3 Å². The fourth-order valence-corrected chi connectivity index (χ4v) is 3.05. The molecule has 0 bridgehead atoms. The van der Waals surface area contributed by atoms with Crippen LogP contribution in [-0.2, 0) is 12.8 Å². The minimum absolute atomic E-state index is 0.817.